The molecule has 1 heterocycles. The number of hydrogen-bond donors (Lipinski definition) is 0. The SMILES string of the molecule is CCC(C)(C)Cc1ccc2ccc(C)nc2c1. The molecule has 1 nitrogen and oxygen atoms in total. The van der Waals surface area contributed by atoms with Gasteiger partial charge < -0.3 is 0 Å². The van der Waals surface area contributed by atoms with E-state index in [1.807, 2.05) is 6.92 Å². The predicted octanol–water partition coefficient (Wildman–Crippen LogP) is 4.52. The number of rotatable bonds is 3. The molecule has 0 aliphatic rings. The summed E-state index contributed by atoms with van der Waals surface area (Å²) in [5, 5.41) is 1.23. The fourth-order valence-corrected chi connectivity index (χ4v) is 2.05. The van der Waals surface area contributed by atoms with E-state index >= 15 is 0 Å². The number of hydrogen-bond acceptors (Lipinski definition) is 1. The van der Waals surface area contributed by atoms with Crippen molar-refractivity contribution in [1.29, 1.82) is 0 Å². The highest BCUT2D eigenvalue weighted by Gasteiger charge is 2.15. The predicted molar refractivity (Wildman–Crippen MR) is 74.3 cm³/mol. The van der Waals surface area contributed by atoms with Gasteiger partial charge in [-0.2, -0.15) is 0 Å². The third-order valence-corrected chi connectivity index (χ3v) is 3.54. The van der Waals surface area contributed by atoms with E-state index in [1.54, 1.807) is 0 Å². The van der Waals surface area contributed by atoms with E-state index in [1.165, 1.54) is 17.4 Å². The Bertz CT molecular complexity index is 526. The van der Waals surface area contributed by atoms with Crippen LogP contribution in [0.2, 0.25) is 0 Å². The number of nitrogens with zero attached hydrogens (tertiary/aromatic N) is 1. The van der Waals surface area contributed by atoms with E-state index in [4.69, 9.17) is 0 Å². The van der Waals surface area contributed by atoms with Crippen LogP contribution < -0.4 is 0 Å². The second kappa shape index (κ2) is 4.48. The molecule has 0 bridgehead atoms. The topological polar surface area (TPSA) is 12.9 Å². The lowest BCUT2D eigenvalue weighted by Crippen LogP contribution is -2.13. The fraction of sp³-hybridized carbons (Fsp3) is 0.438. The van der Waals surface area contributed by atoms with Crippen LogP contribution in [0, 0.1) is 12.3 Å². The minimum absolute atomic E-state index is 0.373. The van der Waals surface area contributed by atoms with Gasteiger partial charge in [-0.05, 0) is 36.5 Å². The van der Waals surface area contributed by atoms with E-state index < -0.39 is 0 Å². The quantitative estimate of drug-likeness (QED) is 0.751. The zero-order chi connectivity index (χ0) is 12.5. The van der Waals surface area contributed by atoms with Gasteiger partial charge in [0.1, 0.15) is 0 Å². The number of pyridine rings is 1. The molecule has 0 aliphatic heterocycles. The van der Waals surface area contributed by atoms with Gasteiger partial charge in [0.2, 0.25) is 0 Å². The zero-order valence-corrected chi connectivity index (χ0v) is 11.2. The van der Waals surface area contributed by atoms with Crippen LogP contribution in [0.1, 0.15) is 38.4 Å². The fourth-order valence-electron chi connectivity index (χ4n) is 2.05. The molecule has 0 amide bonds. The zero-order valence-electron chi connectivity index (χ0n) is 11.2. The van der Waals surface area contributed by atoms with E-state index in [0.29, 0.717) is 5.41 Å². The van der Waals surface area contributed by atoms with Crippen molar-refractivity contribution in [2.45, 2.75) is 40.5 Å². The summed E-state index contributed by atoms with van der Waals surface area (Å²) in [7, 11) is 0. The first-order valence-electron chi connectivity index (χ1n) is 6.36. The lowest BCUT2D eigenvalue weighted by Gasteiger charge is -2.22. The van der Waals surface area contributed by atoms with E-state index in [0.717, 1.165) is 17.6 Å². The molecular weight excluding hydrogens is 206 g/mol. The van der Waals surface area contributed by atoms with Gasteiger partial charge in [0.15, 0.2) is 0 Å². The van der Waals surface area contributed by atoms with Gasteiger partial charge in [-0.1, -0.05) is 45.4 Å². The van der Waals surface area contributed by atoms with E-state index in [9.17, 15) is 0 Å². The molecule has 0 aliphatic carbocycles. The highest BCUT2D eigenvalue weighted by molar-refractivity contribution is 5.79. The van der Waals surface area contributed by atoms with Crippen LogP contribution in [0.4, 0.5) is 0 Å². The van der Waals surface area contributed by atoms with Crippen molar-refractivity contribution in [2.24, 2.45) is 5.41 Å². The highest BCUT2D eigenvalue weighted by Crippen LogP contribution is 2.26. The standard InChI is InChI=1S/C16H21N/c1-5-16(3,4)11-13-7-9-14-8-6-12(2)17-15(14)10-13/h6-10H,5,11H2,1-4H3. The van der Waals surface area contributed by atoms with Crippen molar-refractivity contribution in [1.82, 2.24) is 4.98 Å². The molecule has 17 heavy (non-hydrogen) atoms. The average molecular weight is 227 g/mol. The Hall–Kier alpha value is -1.37. The third-order valence-electron chi connectivity index (χ3n) is 3.54. The largest absolute Gasteiger partial charge is 0.253 e. The maximum atomic E-state index is 4.59. The van der Waals surface area contributed by atoms with Crippen LogP contribution >= 0.6 is 0 Å². The van der Waals surface area contributed by atoms with Crippen molar-refractivity contribution in [2.75, 3.05) is 0 Å². The first kappa shape index (κ1) is 12.1. The van der Waals surface area contributed by atoms with Crippen LogP contribution in [0.15, 0.2) is 30.3 Å². The Labute approximate surface area is 104 Å². The summed E-state index contributed by atoms with van der Waals surface area (Å²) in [5.74, 6) is 0. The molecule has 0 unspecified atom stereocenters. The molecular formula is C16H21N. The van der Waals surface area contributed by atoms with Crippen LogP contribution in [0.25, 0.3) is 10.9 Å². The van der Waals surface area contributed by atoms with Crippen molar-refractivity contribution in [3.63, 3.8) is 0 Å². The first-order valence-corrected chi connectivity index (χ1v) is 6.36. The Kier molecular flexibility index (Phi) is 3.19. The van der Waals surface area contributed by atoms with Gasteiger partial charge in [-0.3, -0.25) is 4.98 Å². The van der Waals surface area contributed by atoms with Crippen LogP contribution in [0.5, 0.6) is 0 Å². The maximum Gasteiger partial charge on any atom is 0.0707 e. The normalized spacial score (nSPS) is 12.0. The molecule has 0 spiro atoms. The van der Waals surface area contributed by atoms with Gasteiger partial charge in [0.05, 0.1) is 5.52 Å². The summed E-state index contributed by atoms with van der Waals surface area (Å²) in [6.07, 6.45) is 2.32. The summed E-state index contributed by atoms with van der Waals surface area (Å²) in [5.41, 5.74) is 3.97. The second-order valence-electron chi connectivity index (χ2n) is 5.67. The van der Waals surface area contributed by atoms with Gasteiger partial charge in [0, 0.05) is 11.1 Å². The molecule has 0 saturated heterocycles. The molecule has 2 aromatic rings. The molecule has 0 radical (unpaired) electrons. The third kappa shape index (κ3) is 2.85. The van der Waals surface area contributed by atoms with Crippen LogP contribution in [-0.2, 0) is 6.42 Å². The van der Waals surface area contributed by atoms with E-state index in [2.05, 4.69) is 56.1 Å². The molecule has 2 rings (SSSR count). The smallest absolute Gasteiger partial charge is 0.0707 e. The van der Waals surface area contributed by atoms with Gasteiger partial charge in [0.25, 0.3) is 0 Å². The summed E-state index contributed by atoms with van der Waals surface area (Å²) in [4.78, 5) is 4.59. The molecule has 0 atom stereocenters. The lowest BCUT2D eigenvalue weighted by molar-refractivity contribution is 0.349. The molecule has 90 valence electrons. The van der Waals surface area contributed by atoms with Crippen molar-refractivity contribution < 1.29 is 0 Å². The summed E-state index contributed by atoms with van der Waals surface area (Å²) in [6, 6.07) is 10.9. The Balaban J connectivity index is 2.37. The molecule has 1 aromatic heterocycles. The van der Waals surface area contributed by atoms with Crippen LogP contribution in [-0.4, -0.2) is 4.98 Å². The number of aryl methyl sites for hydroxylation is 1. The van der Waals surface area contributed by atoms with Gasteiger partial charge in [-0.15, -0.1) is 0 Å². The van der Waals surface area contributed by atoms with Crippen molar-refractivity contribution in [3.05, 3.63) is 41.6 Å². The summed E-state index contributed by atoms with van der Waals surface area (Å²) >= 11 is 0. The number of aromatic nitrogens is 1. The van der Waals surface area contributed by atoms with Crippen molar-refractivity contribution >= 4 is 10.9 Å². The minimum Gasteiger partial charge on any atom is -0.253 e. The molecule has 1 aromatic carbocycles. The van der Waals surface area contributed by atoms with Gasteiger partial charge in [-0.25, -0.2) is 0 Å². The van der Waals surface area contributed by atoms with E-state index in [-0.39, 0.29) is 0 Å². The number of fused-ring (bicyclic) bond motifs is 1. The number of benzene rings is 1. The monoisotopic (exact) mass is 227 g/mol. The summed E-state index contributed by atoms with van der Waals surface area (Å²) < 4.78 is 0. The molecule has 0 fully saturated rings. The first-order chi connectivity index (χ1) is 8.00. The summed E-state index contributed by atoms with van der Waals surface area (Å²) in [6.45, 7) is 8.94. The second-order valence-corrected chi connectivity index (χ2v) is 5.67. The van der Waals surface area contributed by atoms with Crippen molar-refractivity contribution in [3.8, 4) is 0 Å². The van der Waals surface area contributed by atoms with Crippen LogP contribution in [0.3, 0.4) is 0 Å². The Morgan fingerprint density at radius 3 is 2.53 bits per heavy atom. The maximum absolute atomic E-state index is 4.59. The lowest BCUT2D eigenvalue weighted by atomic mass is 9.83. The molecule has 1 heteroatoms. The minimum atomic E-state index is 0.373. The highest BCUT2D eigenvalue weighted by atomic mass is 14.7. The van der Waals surface area contributed by atoms with Gasteiger partial charge >= 0.3 is 0 Å². The average Bonchev–Trinajstić information content (AvgIpc) is 2.28. The molecule has 0 saturated carbocycles. The Morgan fingerprint density at radius 2 is 1.82 bits per heavy atom. The Morgan fingerprint density at radius 1 is 1.12 bits per heavy atom. The molecule has 0 N–H and O–H groups in total.